The summed E-state index contributed by atoms with van der Waals surface area (Å²) in [5.74, 6) is 1.44. The molecule has 0 fully saturated rings. The zero-order valence-corrected chi connectivity index (χ0v) is 12.5. The van der Waals surface area contributed by atoms with E-state index in [-0.39, 0.29) is 11.9 Å². The summed E-state index contributed by atoms with van der Waals surface area (Å²) in [4.78, 5) is 14.2. The molecule has 3 nitrogen and oxygen atoms in total. The van der Waals surface area contributed by atoms with Crippen LogP contribution < -0.4 is 4.74 Å². The largest absolute Gasteiger partial charge is 0.496 e. The van der Waals surface area contributed by atoms with Gasteiger partial charge in [0.15, 0.2) is 0 Å². The number of methoxy groups -OCH3 is 1. The van der Waals surface area contributed by atoms with Gasteiger partial charge in [0.1, 0.15) is 5.75 Å². The number of allylic oxidation sites excluding steroid dienone is 2. The molecule has 0 radical (unpaired) electrons. The summed E-state index contributed by atoms with van der Waals surface area (Å²) in [6.45, 7) is 2.04. The molecule has 1 aromatic carbocycles. The van der Waals surface area contributed by atoms with Gasteiger partial charge in [-0.25, -0.2) is 0 Å². The Morgan fingerprint density at radius 1 is 1.45 bits per heavy atom. The summed E-state index contributed by atoms with van der Waals surface area (Å²) in [7, 11) is 3.54. The van der Waals surface area contributed by atoms with E-state index in [2.05, 4.69) is 12.2 Å². The number of ether oxygens (including phenoxy) is 1. The first-order valence-corrected chi connectivity index (χ1v) is 7.18. The summed E-state index contributed by atoms with van der Waals surface area (Å²) >= 11 is 0. The van der Waals surface area contributed by atoms with Crippen LogP contribution in [-0.4, -0.2) is 25.0 Å². The highest BCUT2D eigenvalue weighted by molar-refractivity contribution is 5.77. The third kappa shape index (κ3) is 3.21. The summed E-state index contributed by atoms with van der Waals surface area (Å²) in [6, 6.07) is 7.89. The number of nitrogens with zero attached hydrogens (tertiary/aromatic N) is 1. The lowest BCUT2D eigenvalue weighted by molar-refractivity contribution is -0.132. The van der Waals surface area contributed by atoms with Crippen molar-refractivity contribution in [2.45, 2.75) is 32.2 Å². The highest BCUT2D eigenvalue weighted by Crippen LogP contribution is 2.29. The van der Waals surface area contributed by atoms with E-state index in [0.29, 0.717) is 12.3 Å². The molecule has 2 atom stereocenters. The number of benzene rings is 1. The van der Waals surface area contributed by atoms with Crippen molar-refractivity contribution in [3.05, 3.63) is 42.0 Å². The minimum Gasteiger partial charge on any atom is -0.496 e. The van der Waals surface area contributed by atoms with E-state index < -0.39 is 0 Å². The van der Waals surface area contributed by atoms with Crippen LogP contribution in [0.5, 0.6) is 5.75 Å². The minimum absolute atomic E-state index is 0.0176. The smallest absolute Gasteiger partial charge is 0.223 e. The molecular formula is C17H23NO2. The summed E-state index contributed by atoms with van der Waals surface area (Å²) < 4.78 is 5.38. The first kappa shape index (κ1) is 14.6. The van der Waals surface area contributed by atoms with Gasteiger partial charge in [0, 0.05) is 19.0 Å². The van der Waals surface area contributed by atoms with E-state index >= 15 is 0 Å². The quantitative estimate of drug-likeness (QED) is 0.768. The van der Waals surface area contributed by atoms with Crippen LogP contribution in [0.15, 0.2) is 36.4 Å². The number of rotatable bonds is 5. The van der Waals surface area contributed by atoms with Crippen LogP contribution in [0.2, 0.25) is 0 Å². The van der Waals surface area contributed by atoms with Crippen molar-refractivity contribution in [1.29, 1.82) is 0 Å². The van der Waals surface area contributed by atoms with E-state index in [1.807, 2.05) is 43.1 Å². The molecular weight excluding hydrogens is 250 g/mol. The van der Waals surface area contributed by atoms with E-state index in [1.54, 1.807) is 7.11 Å². The molecule has 20 heavy (non-hydrogen) atoms. The summed E-state index contributed by atoms with van der Waals surface area (Å²) in [6.07, 6.45) is 7.14. The fourth-order valence-electron chi connectivity index (χ4n) is 2.67. The predicted molar refractivity (Wildman–Crippen MR) is 80.7 cm³/mol. The average Bonchev–Trinajstić information content (AvgIpc) is 2.98. The molecule has 0 saturated heterocycles. The fourth-order valence-corrected chi connectivity index (χ4v) is 2.67. The van der Waals surface area contributed by atoms with Crippen molar-refractivity contribution >= 4 is 5.91 Å². The molecule has 0 N–H and O–H groups in total. The highest BCUT2D eigenvalue weighted by Gasteiger charge is 2.22. The molecule has 3 heteroatoms. The Morgan fingerprint density at radius 3 is 2.85 bits per heavy atom. The lowest BCUT2D eigenvalue weighted by Crippen LogP contribution is -2.30. The van der Waals surface area contributed by atoms with Crippen molar-refractivity contribution in [3.63, 3.8) is 0 Å². The third-order valence-electron chi connectivity index (χ3n) is 4.11. The molecule has 0 aromatic heterocycles. The van der Waals surface area contributed by atoms with Gasteiger partial charge in [-0.1, -0.05) is 30.4 Å². The maximum Gasteiger partial charge on any atom is 0.223 e. The number of para-hydroxylation sites is 1. The van der Waals surface area contributed by atoms with Crippen LogP contribution in [0.25, 0.3) is 0 Å². The van der Waals surface area contributed by atoms with Crippen LogP contribution >= 0.6 is 0 Å². The SMILES string of the molecule is COc1ccccc1C(C)N(C)C(=O)CC1C=CCC1. The molecule has 0 spiro atoms. The van der Waals surface area contributed by atoms with Crippen molar-refractivity contribution < 1.29 is 9.53 Å². The average molecular weight is 273 g/mol. The maximum absolute atomic E-state index is 12.4. The minimum atomic E-state index is 0.0176. The Kier molecular flexibility index (Phi) is 4.83. The van der Waals surface area contributed by atoms with Crippen molar-refractivity contribution in [3.8, 4) is 5.75 Å². The van der Waals surface area contributed by atoms with Crippen molar-refractivity contribution in [2.75, 3.05) is 14.2 Å². The van der Waals surface area contributed by atoms with Crippen molar-refractivity contribution in [2.24, 2.45) is 5.92 Å². The van der Waals surface area contributed by atoms with Gasteiger partial charge in [-0.2, -0.15) is 0 Å². The first-order valence-electron chi connectivity index (χ1n) is 7.18. The fraction of sp³-hybridized carbons (Fsp3) is 0.471. The Morgan fingerprint density at radius 2 is 2.20 bits per heavy atom. The normalized spacial score (nSPS) is 18.9. The van der Waals surface area contributed by atoms with Gasteiger partial charge in [-0.15, -0.1) is 0 Å². The number of carbonyl (C=O) groups is 1. The second kappa shape index (κ2) is 6.60. The zero-order chi connectivity index (χ0) is 14.5. The first-order chi connectivity index (χ1) is 9.63. The van der Waals surface area contributed by atoms with Gasteiger partial charge in [0.05, 0.1) is 13.2 Å². The number of hydrogen-bond acceptors (Lipinski definition) is 2. The Labute approximate surface area is 121 Å². The second-order valence-corrected chi connectivity index (χ2v) is 5.39. The van der Waals surface area contributed by atoms with Crippen LogP contribution in [0.4, 0.5) is 0 Å². The molecule has 0 saturated carbocycles. The lowest BCUT2D eigenvalue weighted by Gasteiger charge is -2.27. The molecule has 2 rings (SSSR count). The zero-order valence-electron chi connectivity index (χ0n) is 12.5. The van der Waals surface area contributed by atoms with E-state index in [4.69, 9.17) is 4.74 Å². The summed E-state index contributed by atoms with van der Waals surface area (Å²) in [5, 5.41) is 0. The van der Waals surface area contributed by atoms with Crippen LogP contribution in [0, 0.1) is 5.92 Å². The molecule has 2 unspecified atom stereocenters. The van der Waals surface area contributed by atoms with Gasteiger partial charge >= 0.3 is 0 Å². The van der Waals surface area contributed by atoms with Crippen LogP contribution in [-0.2, 0) is 4.79 Å². The van der Waals surface area contributed by atoms with Gasteiger partial charge in [-0.3, -0.25) is 4.79 Å². The monoisotopic (exact) mass is 273 g/mol. The number of carbonyl (C=O) groups excluding carboxylic acids is 1. The van der Waals surface area contributed by atoms with Gasteiger partial charge in [0.25, 0.3) is 0 Å². The van der Waals surface area contributed by atoms with Gasteiger partial charge in [-0.05, 0) is 31.7 Å². The molecule has 108 valence electrons. The molecule has 1 aliphatic rings. The third-order valence-corrected chi connectivity index (χ3v) is 4.11. The summed E-state index contributed by atoms with van der Waals surface area (Å²) in [5.41, 5.74) is 1.05. The molecule has 1 aliphatic carbocycles. The standard InChI is InChI=1S/C17H23NO2/c1-13(15-10-6-7-11-16(15)20-3)18(2)17(19)12-14-8-4-5-9-14/h4,6-8,10-11,13-14H,5,9,12H2,1-3H3. The maximum atomic E-state index is 12.4. The highest BCUT2D eigenvalue weighted by atomic mass is 16.5. The lowest BCUT2D eigenvalue weighted by atomic mass is 10.0. The Hall–Kier alpha value is -1.77. The Balaban J connectivity index is 2.05. The molecule has 0 aliphatic heterocycles. The molecule has 0 heterocycles. The predicted octanol–water partition coefficient (Wildman–Crippen LogP) is 3.57. The number of amides is 1. The number of hydrogen-bond donors (Lipinski definition) is 0. The van der Waals surface area contributed by atoms with Gasteiger partial charge < -0.3 is 9.64 Å². The Bertz CT molecular complexity index is 496. The van der Waals surface area contributed by atoms with Crippen LogP contribution in [0.3, 0.4) is 0 Å². The molecule has 1 amide bonds. The van der Waals surface area contributed by atoms with Gasteiger partial charge in [0.2, 0.25) is 5.91 Å². The van der Waals surface area contributed by atoms with Crippen molar-refractivity contribution in [1.82, 2.24) is 4.90 Å². The second-order valence-electron chi connectivity index (χ2n) is 5.39. The molecule has 1 aromatic rings. The van der Waals surface area contributed by atoms with Crippen LogP contribution in [0.1, 0.15) is 37.8 Å². The van der Waals surface area contributed by atoms with E-state index in [1.165, 1.54) is 0 Å². The molecule has 0 bridgehead atoms. The van der Waals surface area contributed by atoms with E-state index in [0.717, 1.165) is 24.2 Å². The van der Waals surface area contributed by atoms with E-state index in [9.17, 15) is 4.79 Å². The topological polar surface area (TPSA) is 29.5 Å².